The monoisotopic (exact) mass is 234 g/mol. The van der Waals surface area contributed by atoms with Crippen LogP contribution in [-0.2, 0) is 0 Å². The number of hydrogen-bond acceptors (Lipinski definition) is 1. The minimum atomic E-state index is -0.979. The van der Waals surface area contributed by atoms with Crippen LogP contribution in [0.4, 0.5) is 0 Å². The van der Waals surface area contributed by atoms with Crippen molar-refractivity contribution in [3.63, 3.8) is 0 Å². The molecular weight excluding hydrogens is 230 g/mol. The van der Waals surface area contributed by atoms with Crippen LogP contribution in [0.15, 0.2) is 30.3 Å². The van der Waals surface area contributed by atoms with Crippen molar-refractivity contribution >= 4 is 55.1 Å². The zero-order chi connectivity index (χ0) is 8.55. The Morgan fingerprint density at radius 1 is 1.17 bits per heavy atom. The van der Waals surface area contributed by atoms with Crippen molar-refractivity contribution in [3.05, 3.63) is 30.3 Å². The van der Waals surface area contributed by atoms with Crippen molar-refractivity contribution in [1.82, 2.24) is 0 Å². The minimum absolute atomic E-state index is 0.979. The lowest BCUT2D eigenvalue weighted by atomic mass is 10.3. The van der Waals surface area contributed by atoms with E-state index in [0.29, 0.717) is 0 Å². The Balaban J connectivity index is 2.62. The van der Waals surface area contributed by atoms with Crippen LogP contribution in [0.5, 0.6) is 0 Å². The molecule has 0 saturated carbocycles. The average molecular weight is 235 g/mol. The molecule has 0 radical (unpaired) electrons. The second-order valence-corrected chi connectivity index (χ2v) is 7.24. The lowest BCUT2D eigenvalue weighted by Gasteiger charge is -1.90. The molecule has 0 N–H and O–H groups in total. The summed E-state index contributed by atoms with van der Waals surface area (Å²) < 4.78 is 2.33. The van der Waals surface area contributed by atoms with Crippen molar-refractivity contribution in [2.75, 3.05) is 0 Å². The number of fused-ring (bicyclic) bond motifs is 1. The molecule has 1 aromatic heterocycles. The number of hydrogen-bond donors (Lipinski definition) is 0. The third kappa shape index (κ3) is 1.60. The maximum atomic E-state index is 5.82. The fourth-order valence-corrected chi connectivity index (χ4v) is 3.58. The topological polar surface area (TPSA) is 0 Å². The van der Waals surface area contributed by atoms with Gasteiger partial charge in [-0.2, -0.15) is 0 Å². The van der Waals surface area contributed by atoms with Crippen LogP contribution in [0, 0.1) is 0 Å². The van der Waals surface area contributed by atoms with Crippen molar-refractivity contribution in [2.24, 2.45) is 0 Å². The van der Waals surface area contributed by atoms with Gasteiger partial charge in [-0.3, -0.25) is 0 Å². The lowest BCUT2D eigenvalue weighted by Crippen LogP contribution is -1.79. The first-order valence-corrected chi connectivity index (χ1v) is 7.34. The van der Waals surface area contributed by atoms with Crippen LogP contribution in [0.25, 0.3) is 10.1 Å². The second kappa shape index (κ2) is 3.51. The Labute approximate surface area is 85.4 Å². The summed E-state index contributed by atoms with van der Waals surface area (Å²) in [5.74, 6) is 0. The average Bonchev–Trinajstić information content (AvgIpc) is 2.46. The van der Waals surface area contributed by atoms with E-state index in [2.05, 4.69) is 18.2 Å². The van der Waals surface area contributed by atoms with Crippen molar-refractivity contribution in [1.29, 1.82) is 0 Å². The van der Waals surface area contributed by atoms with Crippen LogP contribution in [0.3, 0.4) is 0 Å². The molecular formula is C8H5Cl2PS. The summed E-state index contributed by atoms with van der Waals surface area (Å²) in [6, 6.07) is 10.3. The number of thiophene rings is 1. The number of benzene rings is 1. The third-order valence-corrected chi connectivity index (χ3v) is 5.48. The van der Waals surface area contributed by atoms with Crippen molar-refractivity contribution in [2.45, 2.75) is 0 Å². The van der Waals surface area contributed by atoms with E-state index >= 15 is 0 Å². The van der Waals surface area contributed by atoms with Gasteiger partial charge in [0.2, 0.25) is 0 Å². The molecule has 0 aliphatic rings. The smallest absolute Gasteiger partial charge is 0.127 e. The third-order valence-electron chi connectivity index (χ3n) is 1.58. The molecule has 0 amide bonds. The van der Waals surface area contributed by atoms with Crippen LogP contribution in [0.2, 0.25) is 0 Å². The van der Waals surface area contributed by atoms with Gasteiger partial charge in [0.05, 0.1) is 4.62 Å². The standard InChI is InChI=1S/C8H5Cl2PS/c9-11(10)8-5-6-3-1-2-4-7(6)12-8/h1-5H. The van der Waals surface area contributed by atoms with E-state index in [1.54, 1.807) is 11.3 Å². The molecule has 12 heavy (non-hydrogen) atoms. The summed E-state index contributed by atoms with van der Waals surface area (Å²) >= 11 is 13.3. The molecule has 1 aromatic carbocycles. The molecule has 0 nitrogen and oxygen atoms in total. The molecule has 2 aromatic rings. The highest BCUT2D eigenvalue weighted by Crippen LogP contribution is 2.48. The van der Waals surface area contributed by atoms with Crippen LogP contribution >= 0.6 is 40.4 Å². The molecule has 0 bridgehead atoms. The zero-order valence-corrected chi connectivity index (χ0v) is 9.22. The maximum absolute atomic E-state index is 5.82. The van der Waals surface area contributed by atoms with Gasteiger partial charge >= 0.3 is 0 Å². The maximum Gasteiger partial charge on any atom is 0.127 e. The highest BCUT2D eigenvalue weighted by atomic mass is 35.9. The van der Waals surface area contributed by atoms with E-state index in [4.69, 9.17) is 22.5 Å². The van der Waals surface area contributed by atoms with Crippen LogP contribution < -0.4 is 4.62 Å². The Kier molecular flexibility index (Phi) is 2.57. The molecule has 0 unspecified atom stereocenters. The summed E-state index contributed by atoms with van der Waals surface area (Å²) in [7, 11) is 0. The van der Waals surface area contributed by atoms with Gasteiger partial charge in [0.25, 0.3) is 0 Å². The van der Waals surface area contributed by atoms with E-state index in [1.807, 2.05) is 12.1 Å². The lowest BCUT2D eigenvalue weighted by molar-refractivity contribution is 1.86. The van der Waals surface area contributed by atoms with E-state index in [9.17, 15) is 0 Å². The van der Waals surface area contributed by atoms with E-state index < -0.39 is 6.63 Å². The molecule has 2 rings (SSSR count). The number of rotatable bonds is 1. The summed E-state index contributed by atoms with van der Waals surface area (Å²) in [6.07, 6.45) is 0. The fraction of sp³-hybridized carbons (Fsp3) is 0. The molecule has 0 atom stereocenters. The zero-order valence-electron chi connectivity index (χ0n) is 6.00. The SMILES string of the molecule is ClP(Cl)c1cc2ccccc2s1. The molecule has 4 heteroatoms. The van der Waals surface area contributed by atoms with E-state index in [0.717, 1.165) is 4.62 Å². The summed E-state index contributed by atoms with van der Waals surface area (Å²) in [4.78, 5) is 0. The predicted molar refractivity (Wildman–Crippen MR) is 60.1 cm³/mol. The normalized spacial score (nSPS) is 11.2. The Morgan fingerprint density at radius 3 is 2.58 bits per heavy atom. The summed E-state index contributed by atoms with van der Waals surface area (Å²) in [5.41, 5.74) is 0. The largest absolute Gasteiger partial charge is 0.133 e. The van der Waals surface area contributed by atoms with Gasteiger partial charge in [-0.1, -0.05) is 40.7 Å². The van der Waals surface area contributed by atoms with Gasteiger partial charge in [0.1, 0.15) is 6.63 Å². The Bertz CT molecular complexity index is 364. The molecule has 62 valence electrons. The summed E-state index contributed by atoms with van der Waals surface area (Å²) in [6.45, 7) is -0.979. The van der Waals surface area contributed by atoms with Crippen molar-refractivity contribution < 1.29 is 0 Å². The molecule has 0 spiro atoms. The first kappa shape index (κ1) is 8.77. The first-order valence-electron chi connectivity index (χ1n) is 3.37. The van der Waals surface area contributed by atoms with Gasteiger partial charge in [0.15, 0.2) is 0 Å². The van der Waals surface area contributed by atoms with Gasteiger partial charge < -0.3 is 0 Å². The molecule has 0 aliphatic carbocycles. The molecule has 0 aliphatic heterocycles. The highest BCUT2D eigenvalue weighted by molar-refractivity contribution is 8.11. The summed E-state index contributed by atoms with van der Waals surface area (Å²) in [5, 5.41) is 1.23. The van der Waals surface area contributed by atoms with E-state index in [-0.39, 0.29) is 0 Å². The van der Waals surface area contributed by atoms with Crippen LogP contribution in [-0.4, -0.2) is 0 Å². The van der Waals surface area contributed by atoms with Crippen molar-refractivity contribution in [3.8, 4) is 0 Å². The molecule has 0 fully saturated rings. The fourth-order valence-electron chi connectivity index (χ4n) is 1.05. The van der Waals surface area contributed by atoms with Gasteiger partial charge in [-0.15, -0.1) is 11.3 Å². The number of halogens is 2. The minimum Gasteiger partial charge on any atom is -0.133 e. The van der Waals surface area contributed by atoms with Gasteiger partial charge in [-0.25, -0.2) is 0 Å². The quantitative estimate of drug-likeness (QED) is 0.646. The molecule has 0 saturated heterocycles. The first-order chi connectivity index (χ1) is 5.77. The Morgan fingerprint density at radius 2 is 1.92 bits per heavy atom. The molecule has 1 heterocycles. The Hall–Kier alpha value is 0.190. The second-order valence-electron chi connectivity index (χ2n) is 2.36. The highest BCUT2D eigenvalue weighted by Gasteiger charge is 2.07. The van der Waals surface area contributed by atoms with Crippen LogP contribution in [0.1, 0.15) is 0 Å². The van der Waals surface area contributed by atoms with Gasteiger partial charge in [-0.05, 0) is 17.5 Å². The van der Waals surface area contributed by atoms with Gasteiger partial charge in [0, 0.05) is 4.70 Å². The van der Waals surface area contributed by atoms with E-state index in [1.165, 1.54) is 10.1 Å². The predicted octanol–water partition coefficient (Wildman–Crippen LogP) is 4.32.